The zero-order chi connectivity index (χ0) is 10.3. The minimum absolute atomic E-state index is 0. The van der Waals surface area contributed by atoms with E-state index in [0.29, 0.717) is 0 Å². The smallest absolute Gasteiger partial charge is 0.0140 e. The molecule has 1 aliphatic rings. The van der Waals surface area contributed by atoms with E-state index in [2.05, 4.69) is 41.7 Å². The molecule has 0 unspecified atom stereocenters. The Morgan fingerprint density at radius 2 is 1.81 bits per heavy atom. The van der Waals surface area contributed by atoms with Gasteiger partial charge in [0.25, 0.3) is 0 Å². The van der Waals surface area contributed by atoms with Crippen molar-refractivity contribution in [3.63, 3.8) is 0 Å². The molecule has 88 valence electrons. The summed E-state index contributed by atoms with van der Waals surface area (Å²) in [6.45, 7) is 1.000. The number of nitrogens with one attached hydrogen (secondary N) is 1. The Balaban J connectivity index is 0.00000128. The molecule has 1 N–H and O–H groups in total. The van der Waals surface area contributed by atoms with Gasteiger partial charge >= 0.3 is 0 Å². The maximum absolute atomic E-state index is 3.57. The zero-order valence-electron chi connectivity index (χ0n) is 9.56. The van der Waals surface area contributed by atoms with Gasteiger partial charge in [0.05, 0.1) is 0 Å². The van der Waals surface area contributed by atoms with Gasteiger partial charge in [-0.2, -0.15) is 0 Å². The molecule has 1 saturated carbocycles. The lowest BCUT2D eigenvalue weighted by molar-refractivity contribution is 0.557. The Kier molecular flexibility index (Phi) is 6.20. The van der Waals surface area contributed by atoms with Crippen molar-refractivity contribution in [2.24, 2.45) is 0 Å². The predicted molar refractivity (Wildman–Crippen MR) is 73.0 cm³/mol. The Morgan fingerprint density at radius 3 is 2.50 bits per heavy atom. The molecule has 0 amide bonds. The monoisotopic (exact) mass is 237 g/mol. The van der Waals surface area contributed by atoms with E-state index in [4.69, 9.17) is 0 Å². The molecular formula is C14H20ClN. The second-order valence-electron chi connectivity index (χ2n) is 4.20. The molecule has 2 heteroatoms. The highest BCUT2D eigenvalue weighted by Crippen LogP contribution is 2.17. The van der Waals surface area contributed by atoms with Gasteiger partial charge in [0, 0.05) is 12.6 Å². The fourth-order valence-electron chi connectivity index (χ4n) is 2.12. The van der Waals surface area contributed by atoms with Crippen LogP contribution in [-0.4, -0.2) is 12.6 Å². The van der Waals surface area contributed by atoms with E-state index in [0.717, 1.165) is 12.6 Å². The van der Waals surface area contributed by atoms with Crippen molar-refractivity contribution in [3.05, 3.63) is 42.0 Å². The second kappa shape index (κ2) is 7.48. The molecule has 16 heavy (non-hydrogen) atoms. The van der Waals surface area contributed by atoms with Gasteiger partial charge in [0.15, 0.2) is 0 Å². The number of benzene rings is 1. The van der Waals surface area contributed by atoms with E-state index in [-0.39, 0.29) is 12.4 Å². The van der Waals surface area contributed by atoms with Crippen LogP contribution in [0.25, 0.3) is 6.08 Å². The lowest BCUT2D eigenvalue weighted by Gasteiger charge is -2.08. The summed E-state index contributed by atoms with van der Waals surface area (Å²) in [5, 5.41) is 3.57. The summed E-state index contributed by atoms with van der Waals surface area (Å²) >= 11 is 0. The van der Waals surface area contributed by atoms with Crippen LogP contribution in [0.1, 0.15) is 31.2 Å². The van der Waals surface area contributed by atoms with Crippen LogP contribution in [0, 0.1) is 0 Å². The van der Waals surface area contributed by atoms with Crippen molar-refractivity contribution in [1.29, 1.82) is 0 Å². The molecule has 1 aromatic rings. The number of halogens is 1. The third kappa shape index (κ3) is 4.38. The van der Waals surface area contributed by atoms with Gasteiger partial charge in [0.1, 0.15) is 0 Å². The first kappa shape index (κ1) is 13.3. The number of rotatable bonds is 4. The largest absolute Gasteiger partial charge is 0.311 e. The average Bonchev–Trinajstić information content (AvgIpc) is 2.79. The SMILES string of the molecule is C(=Cc1ccccc1)CNC1CCCC1.Cl. The summed E-state index contributed by atoms with van der Waals surface area (Å²) in [6.07, 6.45) is 9.92. The van der Waals surface area contributed by atoms with Crippen molar-refractivity contribution in [2.45, 2.75) is 31.7 Å². The third-order valence-electron chi connectivity index (χ3n) is 2.99. The van der Waals surface area contributed by atoms with E-state index in [9.17, 15) is 0 Å². The van der Waals surface area contributed by atoms with Crippen molar-refractivity contribution in [2.75, 3.05) is 6.54 Å². The molecule has 1 fully saturated rings. The highest BCUT2D eigenvalue weighted by Gasteiger charge is 2.12. The normalized spacial score (nSPS) is 16.5. The molecule has 0 saturated heterocycles. The Hall–Kier alpha value is -0.790. The van der Waals surface area contributed by atoms with Crippen molar-refractivity contribution < 1.29 is 0 Å². The van der Waals surface area contributed by atoms with E-state index < -0.39 is 0 Å². The highest BCUT2D eigenvalue weighted by molar-refractivity contribution is 5.85. The van der Waals surface area contributed by atoms with Crippen molar-refractivity contribution in [3.8, 4) is 0 Å². The number of hydrogen-bond donors (Lipinski definition) is 1. The molecule has 0 aromatic heterocycles. The quantitative estimate of drug-likeness (QED) is 0.843. The summed E-state index contributed by atoms with van der Waals surface area (Å²) in [5.41, 5.74) is 1.28. The fraction of sp³-hybridized carbons (Fsp3) is 0.429. The van der Waals surface area contributed by atoms with Crippen LogP contribution >= 0.6 is 12.4 Å². The molecule has 1 aromatic carbocycles. The van der Waals surface area contributed by atoms with Gasteiger partial charge in [-0.15, -0.1) is 12.4 Å². The van der Waals surface area contributed by atoms with Crippen LogP contribution in [-0.2, 0) is 0 Å². The molecule has 0 radical (unpaired) electrons. The van der Waals surface area contributed by atoms with Gasteiger partial charge in [-0.25, -0.2) is 0 Å². The molecule has 0 aliphatic heterocycles. The predicted octanol–water partition coefficient (Wildman–Crippen LogP) is 3.65. The first-order chi connectivity index (χ1) is 7.45. The zero-order valence-corrected chi connectivity index (χ0v) is 10.4. The van der Waals surface area contributed by atoms with Crippen LogP contribution in [0.15, 0.2) is 36.4 Å². The summed E-state index contributed by atoms with van der Waals surface area (Å²) in [7, 11) is 0. The lowest BCUT2D eigenvalue weighted by Crippen LogP contribution is -2.25. The van der Waals surface area contributed by atoms with Crippen LogP contribution in [0.3, 0.4) is 0 Å². The van der Waals surface area contributed by atoms with Crippen LogP contribution < -0.4 is 5.32 Å². The van der Waals surface area contributed by atoms with Gasteiger partial charge in [-0.05, 0) is 18.4 Å². The van der Waals surface area contributed by atoms with Crippen LogP contribution in [0.2, 0.25) is 0 Å². The Bertz CT molecular complexity index is 302. The Morgan fingerprint density at radius 1 is 1.12 bits per heavy atom. The van der Waals surface area contributed by atoms with E-state index in [1.165, 1.54) is 31.2 Å². The topological polar surface area (TPSA) is 12.0 Å². The van der Waals surface area contributed by atoms with Crippen molar-refractivity contribution >= 4 is 18.5 Å². The summed E-state index contributed by atoms with van der Waals surface area (Å²) < 4.78 is 0. The average molecular weight is 238 g/mol. The van der Waals surface area contributed by atoms with Crippen LogP contribution in [0.4, 0.5) is 0 Å². The van der Waals surface area contributed by atoms with Crippen LogP contribution in [0.5, 0.6) is 0 Å². The van der Waals surface area contributed by atoms with Gasteiger partial charge in [0.2, 0.25) is 0 Å². The van der Waals surface area contributed by atoms with E-state index >= 15 is 0 Å². The Labute approximate surface area is 104 Å². The number of hydrogen-bond acceptors (Lipinski definition) is 1. The molecule has 1 nitrogen and oxygen atoms in total. The molecule has 0 bridgehead atoms. The van der Waals surface area contributed by atoms with Crippen molar-refractivity contribution in [1.82, 2.24) is 5.32 Å². The van der Waals surface area contributed by atoms with E-state index in [1.807, 2.05) is 6.07 Å². The maximum atomic E-state index is 3.57. The maximum Gasteiger partial charge on any atom is 0.0140 e. The summed E-state index contributed by atoms with van der Waals surface area (Å²) in [5.74, 6) is 0. The van der Waals surface area contributed by atoms with Gasteiger partial charge in [-0.1, -0.05) is 55.3 Å². The van der Waals surface area contributed by atoms with Gasteiger partial charge < -0.3 is 5.32 Å². The molecule has 2 rings (SSSR count). The minimum Gasteiger partial charge on any atom is -0.311 e. The third-order valence-corrected chi connectivity index (χ3v) is 2.99. The highest BCUT2D eigenvalue weighted by atomic mass is 35.5. The minimum atomic E-state index is 0. The second-order valence-corrected chi connectivity index (χ2v) is 4.20. The molecule has 0 atom stereocenters. The lowest BCUT2D eigenvalue weighted by atomic mass is 10.2. The fourth-order valence-corrected chi connectivity index (χ4v) is 2.12. The summed E-state index contributed by atoms with van der Waals surface area (Å²) in [6, 6.07) is 11.2. The van der Waals surface area contributed by atoms with E-state index in [1.54, 1.807) is 0 Å². The molecule has 1 aliphatic carbocycles. The molecule has 0 spiro atoms. The van der Waals surface area contributed by atoms with Gasteiger partial charge in [-0.3, -0.25) is 0 Å². The standard InChI is InChI=1S/C14H19N.ClH/c1-2-7-13(8-3-1)9-6-12-15-14-10-4-5-11-14;/h1-3,6-9,14-15H,4-5,10-12H2;1H. The summed E-state index contributed by atoms with van der Waals surface area (Å²) in [4.78, 5) is 0. The molecule has 0 heterocycles. The first-order valence-electron chi connectivity index (χ1n) is 5.90. The molecular weight excluding hydrogens is 218 g/mol. The first-order valence-corrected chi connectivity index (χ1v) is 5.90.